The molecule has 0 saturated heterocycles. The Labute approximate surface area is 85.5 Å². The Hall–Kier alpha value is -0.610. The van der Waals surface area contributed by atoms with E-state index in [4.69, 9.17) is 10.2 Å². The first-order valence-corrected chi connectivity index (χ1v) is 5.06. The Morgan fingerprint density at radius 2 is 1.93 bits per heavy atom. The van der Waals surface area contributed by atoms with Gasteiger partial charge in [0, 0.05) is 6.61 Å². The molecule has 0 saturated carbocycles. The summed E-state index contributed by atoms with van der Waals surface area (Å²) in [5, 5.41) is 17.6. The maximum Gasteiger partial charge on any atom is 0.323 e. The lowest BCUT2D eigenvalue weighted by molar-refractivity contribution is -0.149. The average Bonchev–Trinajstić information content (AvgIpc) is 2.12. The van der Waals surface area contributed by atoms with Crippen LogP contribution in [0.2, 0.25) is 0 Å². The molecule has 0 radical (unpaired) electrons. The van der Waals surface area contributed by atoms with Crippen molar-refractivity contribution in [2.24, 2.45) is 0 Å². The molecule has 0 atom stereocenters. The highest BCUT2D eigenvalue weighted by molar-refractivity contribution is 5.77. The number of carboxylic acids is 1. The highest BCUT2D eigenvalue weighted by Crippen LogP contribution is 2.15. The van der Waals surface area contributed by atoms with Gasteiger partial charge in [0.1, 0.15) is 5.54 Å². The summed E-state index contributed by atoms with van der Waals surface area (Å²) in [6.45, 7) is 6.96. The second-order valence-electron chi connectivity index (χ2n) is 3.87. The van der Waals surface area contributed by atoms with Crippen molar-refractivity contribution in [3.8, 4) is 0 Å². The average molecular weight is 203 g/mol. The van der Waals surface area contributed by atoms with E-state index in [2.05, 4.69) is 0 Å². The standard InChI is InChI=1S/C10H21NO3/c1-4-11(7-5-6-8-12)10(2,3)9(13)14/h12H,4-8H2,1-3H3,(H,13,14). The van der Waals surface area contributed by atoms with Crippen molar-refractivity contribution in [2.45, 2.75) is 39.2 Å². The Morgan fingerprint density at radius 3 is 2.29 bits per heavy atom. The second-order valence-corrected chi connectivity index (χ2v) is 3.87. The summed E-state index contributed by atoms with van der Waals surface area (Å²) in [4.78, 5) is 12.9. The van der Waals surface area contributed by atoms with Crippen molar-refractivity contribution in [1.82, 2.24) is 4.90 Å². The van der Waals surface area contributed by atoms with E-state index in [0.29, 0.717) is 6.54 Å². The number of rotatable bonds is 7. The molecular formula is C10H21NO3. The minimum absolute atomic E-state index is 0.172. The second kappa shape index (κ2) is 5.98. The number of nitrogens with zero attached hydrogens (tertiary/aromatic N) is 1. The molecule has 0 aliphatic carbocycles. The summed E-state index contributed by atoms with van der Waals surface area (Å²) >= 11 is 0. The van der Waals surface area contributed by atoms with Gasteiger partial charge in [0.15, 0.2) is 0 Å². The number of carboxylic acid groups (broad SMARTS) is 1. The van der Waals surface area contributed by atoms with Gasteiger partial charge in [-0.05, 0) is 39.8 Å². The van der Waals surface area contributed by atoms with E-state index in [-0.39, 0.29) is 6.61 Å². The third-order valence-corrected chi connectivity index (χ3v) is 2.53. The van der Waals surface area contributed by atoms with Crippen LogP contribution in [0.3, 0.4) is 0 Å². The van der Waals surface area contributed by atoms with Crippen LogP contribution >= 0.6 is 0 Å². The van der Waals surface area contributed by atoms with Gasteiger partial charge < -0.3 is 10.2 Å². The maximum atomic E-state index is 11.0. The highest BCUT2D eigenvalue weighted by Gasteiger charge is 2.32. The molecule has 84 valence electrons. The minimum Gasteiger partial charge on any atom is -0.480 e. The molecule has 0 heterocycles. The lowest BCUT2D eigenvalue weighted by Gasteiger charge is -2.34. The first-order chi connectivity index (χ1) is 6.46. The molecule has 0 bridgehead atoms. The number of aliphatic hydroxyl groups excluding tert-OH is 1. The molecule has 0 aromatic rings. The van der Waals surface area contributed by atoms with E-state index in [1.807, 2.05) is 11.8 Å². The smallest absolute Gasteiger partial charge is 0.323 e. The minimum atomic E-state index is -0.815. The zero-order chi connectivity index (χ0) is 11.2. The predicted octanol–water partition coefficient (Wildman–Crippen LogP) is 0.944. The topological polar surface area (TPSA) is 60.8 Å². The van der Waals surface area contributed by atoms with Crippen LogP contribution in [0.4, 0.5) is 0 Å². The van der Waals surface area contributed by atoms with Crippen molar-refractivity contribution in [3.63, 3.8) is 0 Å². The van der Waals surface area contributed by atoms with Crippen molar-refractivity contribution in [3.05, 3.63) is 0 Å². The number of likely N-dealkylation sites (N-methyl/N-ethyl adjacent to an activating group) is 1. The molecule has 0 rings (SSSR count). The molecule has 0 unspecified atom stereocenters. The van der Waals surface area contributed by atoms with Crippen LogP contribution in [-0.4, -0.2) is 46.3 Å². The molecule has 0 aliphatic heterocycles. The van der Waals surface area contributed by atoms with E-state index in [1.165, 1.54) is 0 Å². The van der Waals surface area contributed by atoms with Gasteiger partial charge in [0.05, 0.1) is 0 Å². The van der Waals surface area contributed by atoms with Gasteiger partial charge in [-0.25, -0.2) is 0 Å². The lowest BCUT2D eigenvalue weighted by atomic mass is 10.0. The molecule has 2 N–H and O–H groups in total. The zero-order valence-corrected chi connectivity index (χ0v) is 9.29. The van der Waals surface area contributed by atoms with Crippen LogP contribution < -0.4 is 0 Å². The first kappa shape index (κ1) is 13.4. The number of hydrogen-bond acceptors (Lipinski definition) is 3. The number of unbranched alkanes of at least 4 members (excludes halogenated alkanes) is 1. The number of aliphatic carboxylic acids is 1. The Balaban J connectivity index is 4.18. The Kier molecular flexibility index (Phi) is 5.72. The normalized spacial score (nSPS) is 12.1. The molecule has 0 amide bonds. The van der Waals surface area contributed by atoms with Crippen molar-refractivity contribution in [1.29, 1.82) is 0 Å². The first-order valence-electron chi connectivity index (χ1n) is 5.06. The quantitative estimate of drug-likeness (QED) is 0.605. The van der Waals surface area contributed by atoms with Crippen LogP contribution in [0.15, 0.2) is 0 Å². The summed E-state index contributed by atoms with van der Waals surface area (Å²) in [6, 6.07) is 0. The van der Waals surface area contributed by atoms with Crippen molar-refractivity contribution >= 4 is 5.97 Å². The summed E-state index contributed by atoms with van der Waals surface area (Å²) < 4.78 is 0. The van der Waals surface area contributed by atoms with Gasteiger partial charge in [-0.2, -0.15) is 0 Å². The number of aliphatic hydroxyl groups is 1. The van der Waals surface area contributed by atoms with E-state index in [1.54, 1.807) is 13.8 Å². The van der Waals surface area contributed by atoms with Crippen molar-refractivity contribution < 1.29 is 15.0 Å². The Morgan fingerprint density at radius 1 is 1.36 bits per heavy atom. The SMILES string of the molecule is CCN(CCCCO)C(C)(C)C(=O)O. The molecule has 0 aromatic carbocycles. The molecule has 4 heteroatoms. The largest absolute Gasteiger partial charge is 0.480 e. The molecule has 0 aliphatic rings. The maximum absolute atomic E-state index is 11.0. The molecule has 0 fully saturated rings. The van der Waals surface area contributed by atoms with Crippen LogP contribution in [0.1, 0.15) is 33.6 Å². The number of carbonyl (C=O) groups is 1. The van der Waals surface area contributed by atoms with E-state index in [9.17, 15) is 4.79 Å². The zero-order valence-electron chi connectivity index (χ0n) is 9.29. The van der Waals surface area contributed by atoms with Gasteiger partial charge in [0.25, 0.3) is 0 Å². The summed E-state index contributed by atoms with van der Waals surface area (Å²) in [5.41, 5.74) is -0.815. The van der Waals surface area contributed by atoms with Gasteiger partial charge in [0.2, 0.25) is 0 Å². The fraction of sp³-hybridized carbons (Fsp3) is 0.900. The van der Waals surface area contributed by atoms with Crippen molar-refractivity contribution in [2.75, 3.05) is 19.7 Å². The van der Waals surface area contributed by atoms with Crippen LogP contribution in [0.5, 0.6) is 0 Å². The monoisotopic (exact) mass is 203 g/mol. The predicted molar refractivity (Wildman–Crippen MR) is 55.3 cm³/mol. The van der Waals surface area contributed by atoms with E-state index >= 15 is 0 Å². The molecule has 0 spiro atoms. The number of hydrogen-bond donors (Lipinski definition) is 2. The summed E-state index contributed by atoms with van der Waals surface area (Å²) in [7, 11) is 0. The third kappa shape index (κ3) is 3.64. The van der Waals surface area contributed by atoms with Gasteiger partial charge >= 0.3 is 5.97 Å². The van der Waals surface area contributed by atoms with E-state index < -0.39 is 11.5 Å². The van der Waals surface area contributed by atoms with Crippen LogP contribution in [0.25, 0.3) is 0 Å². The molecule has 4 nitrogen and oxygen atoms in total. The lowest BCUT2D eigenvalue weighted by Crippen LogP contribution is -2.50. The summed E-state index contributed by atoms with van der Waals surface area (Å²) in [5.74, 6) is -0.802. The fourth-order valence-electron chi connectivity index (χ4n) is 1.38. The van der Waals surface area contributed by atoms with Crippen LogP contribution in [0, 0.1) is 0 Å². The molecule has 0 aromatic heterocycles. The molecular weight excluding hydrogens is 182 g/mol. The van der Waals surface area contributed by atoms with Gasteiger partial charge in [-0.3, -0.25) is 9.69 Å². The molecule has 14 heavy (non-hydrogen) atoms. The summed E-state index contributed by atoms with van der Waals surface area (Å²) in [6.07, 6.45) is 1.56. The van der Waals surface area contributed by atoms with E-state index in [0.717, 1.165) is 19.4 Å². The Bertz CT molecular complexity index is 180. The van der Waals surface area contributed by atoms with Crippen LogP contribution in [-0.2, 0) is 4.79 Å². The van der Waals surface area contributed by atoms with Gasteiger partial charge in [-0.1, -0.05) is 6.92 Å². The fourth-order valence-corrected chi connectivity index (χ4v) is 1.38. The third-order valence-electron chi connectivity index (χ3n) is 2.53. The highest BCUT2D eigenvalue weighted by atomic mass is 16.4. The van der Waals surface area contributed by atoms with Gasteiger partial charge in [-0.15, -0.1) is 0 Å².